The van der Waals surface area contributed by atoms with Crippen LogP contribution in [0.1, 0.15) is 30.1 Å². The Hall–Kier alpha value is -1.21. The predicted molar refractivity (Wildman–Crippen MR) is 102 cm³/mol. The van der Waals surface area contributed by atoms with Crippen LogP contribution in [0.2, 0.25) is 39.3 Å². The highest BCUT2D eigenvalue weighted by Gasteiger charge is 2.33. The lowest BCUT2D eigenvalue weighted by Gasteiger charge is -2.41. The van der Waals surface area contributed by atoms with E-state index < -0.39 is 16.5 Å². The van der Waals surface area contributed by atoms with Gasteiger partial charge in [0.1, 0.15) is 0 Å². The van der Waals surface area contributed by atoms with E-state index in [0.717, 1.165) is 17.7 Å². The van der Waals surface area contributed by atoms with E-state index in [1.165, 1.54) is 0 Å². The van der Waals surface area contributed by atoms with Crippen molar-refractivity contribution in [3.05, 3.63) is 35.9 Å². The van der Waals surface area contributed by atoms with Gasteiger partial charge in [-0.3, -0.25) is 4.79 Å². The van der Waals surface area contributed by atoms with Crippen LogP contribution in [0.4, 0.5) is 0 Å². The molecule has 0 atom stereocenters. The van der Waals surface area contributed by atoms with Crippen LogP contribution in [0.15, 0.2) is 35.4 Å². The van der Waals surface area contributed by atoms with Gasteiger partial charge < -0.3 is 4.34 Å². The number of hydrogen-bond donors (Lipinski definition) is 0. The molecule has 1 aromatic carbocycles. The molecule has 0 N–H and O–H groups in total. The van der Waals surface area contributed by atoms with E-state index in [1.54, 1.807) is 0 Å². The second-order valence-electron chi connectivity index (χ2n) is 7.78. The van der Waals surface area contributed by atoms with E-state index in [4.69, 9.17) is 5.10 Å². The molecule has 0 saturated heterocycles. The number of nitrogens with zero attached hydrogens (tertiary/aromatic N) is 2. The first-order chi connectivity index (χ1) is 10.0. The maximum absolute atomic E-state index is 12.2. The first kappa shape index (κ1) is 18.8. The fraction of sp³-hybridized carbons (Fsp3) is 0.529. The molecule has 0 heterocycles. The molecule has 1 aromatic rings. The number of Topliss-reactive ketones (excluding diaryl/α,β-unsaturated/α-hetero) is 1. The lowest BCUT2D eigenvalue weighted by atomic mass is 10.1. The summed E-state index contributed by atoms with van der Waals surface area (Å²) in [6.07, 6.45) is 1.27. The molecule has 5 heteroatoms. The highest BCUT2D eigenvalue weighted by Crippen LogP contribution is 2.20. The molecule has 0 bridgehead atoms. The van der Waals surface area contributed by atoms with Gasteiger partial charge in [0.15, 0.2) is 22.3 Å². The molecular weight excluding hydrogens is 304 g/mol. The molecule has 1 rings (SSSR count). The molecule has 0 saturated carbocycles. The van der Waals surface area contributed by atoms with Crippen molar-refractivity contribution in [3.8, 4) is 0 Å². The fourth-order valence-corrected chi connectivity index (χ4v) is 11.6. The summed E-state index contributed by atoms with van der Waals surface area (Å²) in [5, 5.41) is 4.91. The number of carbonyl (C=O) groups is 1. The highest BCUT2D eigenvalue weighted by molar-refractivity contribution is 6.89. The van der Waals surface area contributed by atoms with E-state index in [0.29, 0.717) is 6.42 Å². The minimum atomic E-state index is -1.48. The molecule has 0 aromatic heterocycles. The quantitative estimate of drug-likeness (QED) is 0.304. The normalized spacial score (nSPS) is 13.1. The van der Waals surface area contributed by atoms with Crippen molar-refractivity contribution in [2.75, 3.05) is 0 Å². The van der Waals surface area contributed by atoms with Crippen molar-refractivity contribution < 1.29 is 4.79 Å². The Bertz CT molecular complexity index is 514. The molecule has 3 nitrogen and oxygen atoms in total. The molecule has 0 amide bonds. The molecule has 0 radical (unpaired) electrons. The van der Waals surface area contributed by atoms with Gasteiger partial charge in [-0.25, -0.2) is 5.10 Å². The van der Waals surface area contributed by atoms with Gasteiger partial charge in [0.2, 0.25) is 0 Å². The van der Waals surface area contributed by atoms with Crippen LogP contribution in [0.25, 0.3) is 0 Å². The van der Waals surface area contributed by atoms with Gasteiger partial charge in [-0.2, -0.15) is 0 Å². The third kappa shape index (κ3) is 5.89. The smallest absolute Gasteiger partial charge is 0.163 e. The van der Waals surface area contributed by atoms with Crippen molar-refractivity contribution in [3.63, 3.8) is 0 Å². The Morgan fingerprint density at radius 1 is 0.955 bits per heavy atom. The van der Waals surface area contributed by atoms with E-state index in [2.05, 4.69) is 43.6 Å². The molecule has 122 valence electrons. The average Bonchev–Trinajstić information content (AvgIpc) is 2.40. The Kier molecular flexibility index (Phi) is 6.31. The second kappa shape index (κ2) is 7.37. The molecule has 0 spiro atoms. The number of carbonyl (C=O) groups excluding carboxylic acids is 1. The zero-order valence-electron chi connectivity index (χ0n) is 15.1. The van der Waals surface area contributed by atoms with Crippen molar-refractivity contribution in [1.82, 2.24) is 4.34 Å². The third-order valence-electron chi connectivity index (χ3n) is 3.35. The summed E-state index contributed by atoms with van der Waals surface area (Å²) in [6, 6.07) is 9.51. The van der Waals surface area contributed by atoms with Gasteiger partial charge in [-0.15, -0.1) is 0 Å². The van der Waals surface area contributed by atoms with Crippen LogP contribution in [-0.2, 0) is 0 Å². The Labute approximate surface area is 137 Å². The summed E-state index contributed by atoms with van der Waals surface area (Å²) in [5.41, 5.74) is 1.86. The van der Waals surface area contributed by atoms with Crippen molar-refractivity contribution in [1.29, 1.82) is 0 Å². The van der Waals surface area contributed by atoms with E-state index in [1.807, 2.05) is 37.3 Å². The Balaban J connectivity index is 2.74. The highest BCUT2D eigenvalue weighted by atomic mass is 28.4. The third-order valence-corrected chi connectivity index (χ3v) is 10.1. The largest absolute Gasteiger partial charge is 0.350 e. The molecule has 0 fully saturated rings. The number of hydrazone groups is 1. The van der Waals surface area contributed by atoms with Crippen molar-refractivity contribution >= 4 is 28.0 Å². The standard InChI is InChI=1S/C17H30N2OSi2/c1-15(18-19(21(2,3)4)22(5,6)7)13-14-17(20)16-11-9-8-10-12-16/h8-12H,13-14H2,1-7H3/b18-15+. The van der Waals surface area contributed by atoms with Crippen molar-refractivity contribution in [2.24, 2.45) is 5.10 Å². The van der Waals surface area contributed by atoms with Crippen LogP contribution in [0, 0.1) is 0 Å². The summed E-state index contributed by atoms with van der Waals surface area (Å²) in [7, 11) is -2.96. The molecule has 22 heavy (non-hydrogen) atoms. The number of hydrogen-bond acceptors (Lipinski definition) is 3. The fourth-order valence-electron chi connectivity index (χ4n) is 2.59. The van der Waals surface area contributed by atoms with Gasteiger partial charge in [0, 0.05) is 17.7 Å². The average molecular weight is 335 g/mol. The summed E-state index contributed by atoms with van der Waals surface area (Å²) in [6.45, 7) is 16.0. The van der Waals surface area contributed by atoms with Crippen LogP contribution < -0.4 is 0 Å². The molecule has 0 unspecified atom stereocenters. The zero-order valence-corrected chi connectivity index (χ0v) is 17.1. The second-order valence-corrected chi connectivity index (χ2v) is 17.8. The van der Waals surface area contributed by atoms with Gasteiger partial charge in [0.25, 0.3) is 0 Å². The SMILES string of the molecule is C/C(CCC(=O)c1ccccc1)=N\N([Si](C)(C)C)[Si](C)(C)C. The zero-order chi connectivity index (χ0) is 17.0. The summed E-state index contributed by atoms with van der Waals surface area (Å²) < 4.78 is 2.41. The minimum Gasteiger partial charge on any atom is -0.350 e. The lowest BCUT2D eigenvalue weighted by Crippen LogP contribution is -2.56. The Morgan fingerprint density at radius 3 is 1.91 bits per heavy atom. The first-order valence-corrected chi connectivity index (χ1v) is 14.8. The summed E-state index contributed by atoms with van der Waals surface area (Å²) in [5.74, 6) is 0.197. The lowest BCUT2D eigenvalue weighted by molar-refractivity contribution is 0.0985. The minimum absolute atomic E-state index is 0.197. The monoisotopic (exact) mass is 334 g/mol. The van der Waals surface area contributed by atoms with Crippen molar-refractivity contribution in [2.45, 2.75) is 59.0 Å². The number of rotatable bonds is 7. The van der Waals surface area contributed by atoms with E-state index >= 15 is 0 Å². The number of ketones is 1. The summed E-state index contributed by atoms with van der Waals surface area (Å²) in [4.78, 5) is 12.2. The molecule has 0 aliphatic heterocycles. The van der Waals surface area contributed by atoms with E-state index in [-0.39, 0.29) is 5.78 Å². The first-order valence-electron chi connectivity index (χ1n) is 7.94. The number of benzene rings is 1. The molecule has 0 aliphatic rings. The van der Waals surface area contributed by atoms with Gasteiger partial charge in [0.05, 0.1) is 0 Å². The Morgan fingerprint density at radius 2 is 1.45 bits per heavy atom. The van der Waals surface area contributed by atoms with Gasteiger partial charge in [-0.1, -0.05) is 69.6 Å². The van der Waals surface area contributed by atoms with Crippen LogP contribution >= 0.6 is 0 Å². The molecular formula is C17H30N2OSi2. The summed E-state index contributed by atoms with van der Waals surface area (Å²) >= 11 is 0. The maximum atomic E-state index is 12.2. The molecule has 0 aliphatic carbocycles. The maximum Gasteiger partial charge on any atom is 0.163 e. The topological polar surface area (TPSA) is 32.7 Å². The van der Waals surface area contributed by atoms with Crippen LogP contribution in [-0.4, -0.2) is 32.3 Å². The predicted octanol–water partition coefficient (Wildman–Crippen LogP) is 5.00. The van der Waals surface area contributed by atoms with Crippen LogP contribution in [0.3, 0.4) is 0 Å². The van der Waals surface area contributed by atoms with Crippen LogP contribution in [0.5, 0.6) is 0 Å². The van der Waals surface area contributed by atoms with Gasteiger partial charge >= 0.3 is 0 Å². The van der Waals surface area contributed by atoms with E-state index in [9.17, 15) is 4.79 Å². The van der Waals surface area contributed by atoms with Gasteiger partial charge in [-0.05, 0) is 13.3 Å².